The highest BCUT2D eigenvalue weighted by atomic mass is 16.5. The number of aryl methyl sites for hydroxylation is 1. The Kier molecular flexibility index (Phi) is 3.21. The second-order valence-corrected chi connectivity index (χ2v) is 4.57. The van der Waals surface area contributed by atoms with E-state index in [1.54, 1.807) is 13.3 Å². The number of ether oxygens (including phenoxy) is 1. The number of nitrogens with zero attached hydrogens (tertiary/aromatic N) is 2. The van der Waals surface area contributed by atoms with Gasteiger partial charge in [-0.25, -0.2) is 9.97 Å². The van der Waals surface area contributed by atoms with Crippen molar-refractivity contribution in [1.82, 2.24) is 9.97 Å². The summed E-state index contributed by atoms with van der Waals surface area (Å²) < 4.78 is 5.35. The minimum absolute atomic E-state index is 0.750. The molecule has 4 heteroatoms. The Balaban J connectivity index is 2.00. The number of hydrogen-bond donors (Lipinski definition) is 1. The van der Waals surface area contributed by atoms with E-state index >= 15 is 0 Å². The fourth-order valence-corrected chi connectivity index (χ4v) is 2.09. The molecule has 2 heterocycles. The van der Waals surface area contributed by atoms with Gasteiger partial charge >= 0.3 is 0 Å². The summed E-state index contributed by atoms with van der Waals surface area (Å²) >= 11 is 0. The van der Waals surface area contributed by atoms with Crippen LogP contribution in [-0.4, -0.2) is 17.1 Å². The SMILES string of the molecule is COc1cccc2ccc(Nc3cc(C)ccn3)nc12. The van der Waals surface area contributed by atoms with Gasteiger partial charge < -0.3 is 10.1 Å². The zero-order valence-corrected chi connectivity index (χ0v) is 11.4. The van der Waals surface area contributed by atoms with Crippen LogP contribution in [0.15, 0.2) is 48.7 Å². The van der Waals surface area contributed by atoms with E-state index in [9.17, 15) is 0 Å². The highest BCUT2D eigenvalue weighted by molar-refractivity contribution is 5.86. The van der Waals surface area contributed by atoms with E-state index in [1.807, 2.05) is 49.4 Å². The van der Waals surface area contributed by atoms with Crippen LogP contribution in [-0.2, 0) is 0 Å². The number of para-hydroxylation sites is 1. The highest BCUT2D eigenvalue weighted by Gasteiger charge is 2.04. The minimum Gasteiger partial charge on any atom is -0.494 e. The molecule has 1 aromatic carbocycles. The summed E-state index contributed by atoms with van der Waals surface area (Å²) in [7, 11) is 1.65. The van der Waals surface area contributed by atoms with Crippen molar-refractivity contribution >= 4 is 22.5 Å². The van der Waals surface area contributed by atoms with Crippen LogP contribution in [0.4, 0.5) is 11.6 Å². The van der Waals surface area contributed by atoms with Gasteiger partial charge in [-0.2, -0.15) is 0 Å². The molecule has 3 aromatic rings. The predicted octanol–water partition coefficient (Wildman–Crippen LogP) is 3.69. The lowest BCUT2D eigenvalue weighted by Gasteiger charge is -2.08. The van der Waals surface area contributed by atoms with Gasteiger partial charge in [0, 0.05) is 11.6 Å². The van der Waals surface area contributed by atoms with Crippen molar-refractivity contribution in [2.24, 2.45) is 0 Å². The van der Waals surface area contributed by atoms with E-state index in [0.29, 0.717) is 0 Å². The average molecular weight is 265 g/mol. The van der Waals surface area contributed by atoms with Gasteiger partial charge in [0.15, 0.2) is 0 Å². The Morgan fingerprint density at radius 2 is 1.95 bits per heavy atom. The van der Waals surface area contributed by atoms with E-state index < -0.39 is 0 Å². The van der Waals surface area contributed by atoms with Crippen molar-refractivity contribution in [2.45, 2.75) is 6.92 Å². The molecule has 0 saturated heterocycles. The van der Waals surface area contributed by atoms with Gasteiger partial charge in [0.25, 0.3) is 0 Å². The van der Waals surface area contributed by atoms with Crippen LogP contribution in [0.1, 0.15) is 5.56 Å². The first kappa shape index (κ1) is 12.4. The lowest BCUT2D eigenvalue weighted by Crippen LogP contribution is -1.97. The molecule has 0 aliphatic carbocycles. The molecule has 4 nitrogen and oxygen atoms in total. The van der Waals surface area contributed by atoms with Crippen molar-refractivity contribution in [1.29, 1.82) is 0 Å². The van der Waals surface area contributed by atoms with Gasteiger partial charge in [-0.15, -0.1) is 0 Å². The number of methoxy groups -OCH3 is 1. The van der Waals surface area contributed by atoms with Crippen LogP contribution < -0.4 is 10.1 Å². The first-order valence-corrected chi connectivity index (χ1v) is 6.40. The Morgan fingerprint density at radius 1 is 1.05 bits per heavy atom. The molecule has 100 valence electrons. The van der Waals surface area contributed by atoms with Crippen molar-refractivity contribution < 1.29 is 4.74 Å². The minimum atomic E-state index is 0.750. The number of hydrogen-bond acceptors (Lipinski definition) is 4. The smallest absolute Gasteiger partial charge is 0.145 e. The third-order valence-electron chi connectivity index (χ3n) is 3.07. The van der Waals surface area contributed by atoms with Gasteiger partial charge in [0.05, 0.1) is 7.11 Å². The first-order valence-electron chi connectivity index (χ1n) is 6.40. The van der Waals surface area contributed by atoms with Crippen LogP contribution in [0.3, 0.4) is 0 Å². The lowest BCUT2D eigenvalue weighted by molar-refractivity contribution is 0.419. The van der Waals surface area contributed by atoms with Crippen LogP contribution in [0.25, 0.3) is 10.9 Å². The number of pyridine rings is 2. The Labute approximate surface area is 117 Å². The zero-order chi connectivity index (χ0) is 13.9. The quantitative estimate of drug-likeness (QED) is 0.784. The molecule has 0 bridgehead atoms. The average Bonchev–Trinajstić information content (AvgIpc) is 2.46. The van der Waals surface area contributed by atoms with Gasteiger partial charge in [0.1, 0.15) is 22.9 Å². The predicted molar refractivity (Wildman–Crippen MR) is 80.6 cm³/mol. The largest absolute Gasteiger partial charge is 0.494 e. The topological polar surface area (TPSA) is 47.0 Å². The Hall–Kier alpha value is -2.62. The monoisotopic (exact) mass is 265 g/mol. The lowest BCUT2D eigenvalue weighted by atomic mass is 10.2. The summed E-state index contributed by atoms with van der Waals surface area (Å²) in [6.45, 7) is 2.03. The molecule has 2 aromatic heterocycles. The maximum Gasteiger partial charge on any atom is 0.145 e. The van der Waals surface area contributed by atoms with Crippen molar-refractivity contribution in [3.63, 3.8) is 0 Å². The van der Waals surface area contributed by atoms with E-state index in [-0.39, 0.29) is 0 Å². The number of rotatable bonds is 3. The number of nitrogens with one attached hydrogen (secondary N) is 1. The summed E-state index contributed by atoms with van der Waals surface area (Å²) in [5.74, 6) is 2.30. The van der Waals surface area contributed by atoms with Gasteiger partial charge in [-0.3, -0.25) is 0 Å². The molecule has 20 heavy (non-hydrogen) atoms. The van der Waals surface area contributed by atoms with E-state index in [4.69, 9.17) is 4.74 Å². The molecular formula is C16H15N3O. The van der Waals surface area contributed by atoms with Crippen LogP contribution >= 0.6 is 0 Å². The molecular weight excluding hydrogens is 250 g/mol. The molecule has 0 atom stereocenters. The van der Waals surface area contributed by atoms with Crippen molar-refractivity contribution in [3.8, 4) is 5.75 Å². The Bertz CT molecular complexity index is 756. The maximum atomic E-state index is 5.35. The molecule has 0 saturated carbocycles. The van der Waals surface area contributed by atoms with Crippen LogP contribution in [0.2, 0.25) is 0 Å². The molecule has 0 amide bonds. The number of benzene rings is 1. The normalized spacial score (nSPS) is 10.5. The molecule has 0 spiro atoms. The fraction of sp³-hybridized carbons (Fsp3) is 0.125. The fourth-order valence-electron chi connectivity index (χ4n) is 2.09. The molecule has 1 N–H and O–H groups in total. The number of fused-ring (bicyclic) bond motifs is 1. The van der Waals surface area contributed by atoms with E-state index in [2.05, 4.69) is 15.3 Å². The molecule has 0 fully saturated rings. The van der Waals surface area contributed by atoms with Crippen LogP contribution in [0.5, 0.6) is 5.75 Å². The maximum absolute atomic E-state index is 5.35. The number of aromatic nitrogens is 2. The Morgan fingerprint density at radius 3 is 2.75 bits per heavy atom. The number of anilines is 2. The second-order valence-electron chi connectivity index (χ2n) is 4.57. The van der Waals surface area contributed by atoms with Crippen LogP contribution in [0, 0.1) is 6.92 Å². The summed E-state index contributed by atoms with van der Waals surface area (Å²) in [5.41, 5.74) is 1.99. The molecule has 0 aliphatic rings. The molecule has 0 unspecified atom stereocenters. The summed E-state index contributed by atoms with van der Waals surface area (Å²) in [5, 5.41) is 4.26. The highest BCUT2D eigenvalue weighted by Crippen LogP contribution is 2.25. The standard InChI is InChI=1S/C16H15N3O/c1-11-8-9-17-15(10-11)18-14-7-6-12-4-3-5-13(20-2)16(12)19-14/h3-10H,1-2H3,(H,17,18,19). The molecule has 3 rings (SSSR count). The third-order valence-corrected chi connectivity index (χ3v) is 3.07. The van der Waals surface area contributed by atoms with Gasteiger partial charge in [-0.05, 0) is 42.8 Å². The van der Waals surface area contributed by atoms with Gasteiger partial charge in [0.2, 0.25) is 0 Å². The zero-order valence-electron chi connectivity index (χ0n) is 11.4. The first-order chi connectivity index (χ1) is 9.76. The summed E-state index contributed by atoms with van der Waals surface area (Å²) in [6.07, 6.45) is 1.78. The molecule has 0 aliphatic heterocycles. The summed E-state index contributed by atoms with van der Waals surface area (Å²) in [6, 6.07) is 13.8. The van der Waals surface area contributed by atoms with E-state index in [1.165, 1.54) is 0 Å². The van der Waals surface area contributed by atoms with Crippen molar-refractivity contribution in [3.05, 3.63) is 54.2 Å². The summed E-state index contributed by atoms with van der Waals surface area (Å²) in [4.78, 5) is 8.87. The van der Waals surface area contributed by atoms with E-state index in [0.717, 1.165) is 33.9 Å². The van der Waals surface area contributed by atoms with Gasteiger partial charge in [-0.1, -0.05) is 12.1 Å². The third kappa shape index (κ3) is 2.40. The van der Waals surface area contributed by atoms with Crippen molar-refractivity contribution in [2.75, 3.05) is 12.4 Å². The second kappa shape index (κ2) is 5.17. The molecule has 0 radical (unpaired) electrons.